The van der Waals surface area contributed by atoms with Crippen molar-refractivity contribution in [3.63, 3.8) is 0 Å². The molecule has 6 nitrogen and oxygen atoms in total. The Morgan fingerprint density at radius 3 is 2.39 bits per heavy atom. The fourth-order valence-corrected chi connectivity index (χ4v) is 2.74. The molecule has 1 aromatic heterocycles. The van der Waals surface area contributed by atoms with Crippen LogP contribution >= 0.6 is 12.2 Å². The molecule has 0 unspecified atom stereocenters. The molecule has 28 heavy (non-hydrogen) atoms. The largest absolute Gasteiger partial charge is 0.459 e. The van der Waals surface area contributed by atoms with Crippen LogP contribution in [0.2, 0.25) is 0 Å². The molecule has 0 spiro atoms. The highest BCUT2D eigenvalue weighted by Gasteiger charge is 2.15. The highest BCUT2D eigenvalue weighted by molar-refractivity contribution is 7.80. The number of thiocarbonyl (C=S) groups is 1. The van der Waals surface area contributed by atoms with Crippen LogP contribution in [0, 0.1) is 13.8 Å². The molecule has 0 aliphatic rings. The first-order valence-corrected chi connectivity index (χ1v) is 8.98. The molecular weight excluding hydrogens is 374 g/mol. The number of benzene rings is 2. The van der Waals surface area contributed by atoms with Gasteiger partial charge in [-0.2, -0.15) is 0 Å². The fourth-order valence-electron chi connectivity index (χ4n) is 2.53. The van der Waals surface area contributed by atoms with Crippen molar-refractivity contribution in [1.29, 1.82) is 0 Å². The van der Waals surface area contributed by atoms with Crippen molar-refractivity contribution in [2.24, 2.45) is 0 Å². The van der Waals surface area contributed by atoms with Gasteiger partial charge in [-0.3, -0.25) is 14.9 Å². The van der Waals surface area contributed by atoms with E-state index in [2.05, 4.69) is 16.0 Å². The number of nitrogens with one attached hydrogen (secondary N) is 3. The Bertz CT molecular complexity index is 1030. The molecule has 0 atom stereocenters. The first-order chi connectivity index (χ1) is 13.4. The minimum Gasteiger partial charge on any atom is -0.459 e. The zero-order valence-electron chi connectivity index (χ0n) is 15.4. The first-order valence-electron chi connectivity index (χ1n) is 8.57. The van der Waals surface area contributed by atoms with Crippen LogP contribution in [0.3, 0.4) is 0 Å². The number of furan rings is 1. The summed E-state index contributed by atoms with van der Waals surface area (Å²) in [7, 11) is 0. The molecule has 0 saturated carbocycles. The lowest BCUT2D eigenvalue weighted by Crippen LogP contribution is -2.34. The summed E-state index contributed by atoms with van der Waals surface area (Å²) < 4.78 is 5.03. The second-order valence-electron chi connectivity index (χ2n) is 6.18. The molecule has 1 heterocycles. The smallest absolute Gasteiger partial charge is 0.293 e. The van der Waals surface area contributed by atoms with Gasteiger partial charge < -0.3 is 15.1 Å². The first kappa shape index (κ1) is 19.3. The lowest BCUT2D eigenvalue weighted by Gasteiger charge is -2.13. The summed E-state index contributed by atoms with van der Waals surface area (Å²) in [6, 6.07) is 15.8. The van der Waals surface area contributed by atoms with Crippen LogP contribution in [0.1, 0.15) is 32.0 Å². The number of anilines is 2. The molecule has 3 N–H and O–H groups in total. The predicted octanol–water partition coefficient (Wildman–Crippen LogP) is 4.28. The molecule has 7 heteroatoms. The Morgan fingerprint density at radius 1 is 0.893 bits per heavy atom. The summed E-state index contributed by atoms with van der Waals surface area (Å²) in [5.74, 6) is -0.615. The maximum atomic E-state index is 12.7. The van der Waals surface area contributed by atoms with Crippen molar-refractivity contribution in [3.05, 3.63) is 83.3 Å². The maximum absolute atomic E-state index is 12.7. The van der Waals surface area contributed by atoms with Gasteiger partial charge in [-0.25, -0.2) is 0 Å². The van der Waals surface area contributed by atoms with Gasteiger partial charge in [0, 0.05) is 5.69 Å². The normalized spacial score (nSPS) is 10.2. The van der Waals surface area contributed by atoms with Crippen molar-refractivity contribution in [3.8, 4) is 0 Å². The quantitative estimate of drug-likeness (QED) is 0.577. The molecule has 0 fully saturated rings. The Kier molecular flexibility index (Phi) is 5.86. The van der Waals surface area contributed by atoms with E-state index in [0.717, 1.165) is 11.1 Å². The van der Waals surface area contributed by atoms with Crippen LogP contribution in [-0.2, 0) is 0 Å². The SMILES string of the molecule is Cc1ccc(NC(=O)c2ccccc2NC(=S)NC(=O)c2ccco2)cc1C. The summed E-state index contributed by atoms with van der Waals surface area (Å²) in [6.45, 7) is 4.00. The predicted molar refractivity (Wildman–Crippen MR) is 113 cm³/mol. The van der Waals surface area contributed by atoms with Crippen molar-refractivity contribution < 1.29 is 14.0 Å². The van der Waals surface area contributed by atoms with E-state index in [-0.39, 0.29) is 16.8 Å². The van der Waals surface area contributed by atoms with E-state index < -0.39 is 5.91 Å². The highest BCUT2D eigenvalue weighted by Crippen LogP contribution is 2.19. The average Bonchev–Trinajstić information content (AvgIpc) is 3.20. The number of carbonyl (C=O) groups is 2. The molecule has 2 aromatic carbocycles. The average molecular weight is 393 g/mol. The van der Waals surface area contributed by atoms with Crippen LogP contribution in [0.15, 0.2) is 65.3 Å². The zero-order chi connectivity index (χ0) is 20.1. The molecule has 0 aliphatic carbocycles. The fraction of sp³-hybridized carbons (Fsp3) is 0.0952. The van der Waals surface area contributed by atoms with Gasteiger partial charge in [0.15, 0.2) is 10.9 Å². The van der Waals surface area contributed by atoms with Crippen molar-refractivity contribution in [1.82, 2.24) is 5.32 Å². The van der Waals surface area contributed by atoms with Gasteiger partial charge in [0.1, 0.15) is 0 Å². The molecule has 2 amide bonds. The monoisotopic (exact) mass is 393 g/mol. The van der Waals surface area contributed by atoms with Gasteiger partial charge >= 0.3 is 0 Å². The van der Waals surface area contributed by atoms with E-state index in [9.17, 15) is 9.59 Å². The van der Waals surface area contributed by atoms with E-state index >= 15 is 0 Å². The maximum Gasteiger partial charge on any atom is 0.293 e. The van der Waals surface area contributed by atoms with Crippen LogP contribution in [-0.4, -0.2) is 16.9 Å². The summed E-state index contributed by atoms with van der Waals surface area (Å²) in [5.41, 5.74) is 3.82. The number of amides is 2. The molecule has 0 saturated heterocycles. The standard InChI is InChI=1S/C21H19N3O3S/c1-13-9-10-15(12-14(13)2)22-19(25)16-6-3-4-7-17(16)23-21(28)24-20(26)18-8-5-11-27-18/h3-12H,1-2H3,(H,22,25)(H2,23,24,26,28). The summed E-state index contributed by atoms with van der Waals surface area (Å²) in [5, 5.41) is 8.35. The van der Waals surface area contributed by atoms with Crippen molar-refractivity contribution in [2.45, 2.75) is 13.8 Å². The van der Waals surface area contributed by atoms with Gasteiger partial charge in [0.05, 0.1) is 17.5 Å². The summed E-state index contributed by atoms with van der Waals surface area (Å²) in [4.78, 5) is 24.7. The number of carbonyl (C=O) groups excluding carboxylic acids is 2. The third-order valence-electron chi connectivity index (χ3n) is 4.16. The van der Waals surface area contributed by atoms with Crippen molar-refractivity contribution in [2.75, 3.05) is 10.6 Å². The van der Waals surface area contributed by atoms with Crippen LogP contribution in [0.5, 0.6) is 0 Å². The number of para-hydroxylation sites is 1. The minimum atomic E-state index is -0.473. The molecular formula is C21H19N3O3S. The van der Waals surface area contributed by atoms with Gasteiger partial charge in [-0.05, 0) is 73.6 Å². The van der Waals surface area contributed by atoms with Crippen LogP contribution < -0.4 is 16.0 Å². The third-order valence-corrected chi connectivity index (χ3v) is 4.36. The van der Waals surface area contributed by atoms with Gasteiger partial charge in [0.2, 0.25) is 0 Å². The zero-order valence-corrected chi connectivity index (χ0v) is 16.2. The van der Waals surface area contributed by atoms with Gasteiger partial charge in [-0.1, -0.05) is 18.2 Å². The number of aryl methyl sites for hydroxylation is 2. The van der Waals surface area contributed by atoms with Crippen molar-refractivity contribution >= 4 is 40.5 Å². The van der Waals surface area contributed by atoms with E-state index in [4.69, 9.17) is 16.6 Å². The molecule has 0 aliphatic heterocycles. The van der Waals surface area contributed by atoms with E-state index in [1.54, 1.807) is 30.3 Å². The number of hydrogen-bond donors (Lipinski definition) is 3. The summed E-state index contributed by atoms with van der Waals surface area (Å²) >= 11 is 5.18. The van der Waals surface area contributed by atoms with Gasteiger partial charge in [0.25, 0.3) is 11.8 Å². The highest BCUT2D eigenvalue weighted by atomic mass is 32.1. The third kappa shape index (κ3) is 4.63. The molecule has 142 valence electrons. The topological polar surface area (TPSA) is 83.4 Å². The van der Waals surface area contributed by atoms with E-state index in [1.807, 2.05) is 32.0 Å². The Labute approximate surface area is 167 Å². The van der Waals surface area contributed by atoms with E-state index in [0.29, 0.717) is 16.9 Å². The Hall–Kier alpha value is -3.45. The number of rotatable bonds is 4. The molecule has 0 bridgehead atoms. The van der Waals surface area contributed by atoms with E-state index in [1.165, 1.54) is 12.3 Å². The Morgan fingerprint density at radius 2 is 1.68 bits per heavy atom. The van der Waals surface area contributed by atoms with Crippen LogP contribution in [0.4, 0.5) is 11.4 Å². The van der Waals surface area contributed by atoms with Gasteiger partial charge in [-0.15, -0.1) is 0 Å². The lowest BCUT2D eigenvalue weighted by atomic mass is 10.1. The molecule has 3 aromatic rings. The van der Waals surface area contributed by atoms with Crippen LogP contribution in [0.25, 0.3) is 0 Å². The minimum absolute atomic E-state index is 0.0628. The Balaban J connectivity index is 1.71. The summed E-state index contributed by atoms with van der Waals surface area (Å²) in [6.07, 6.45) is 1.40. The lowest BCUT2D eigenvalue weighted by molar-refractivity contribution is 0.0950. The number of hydrogen-bond acceptors (Lipinski definition) is 4. The molecule has 0 radical (unpaired) electrons. The second kappa shape index (κ2) is 8.49. The molecule has 3 rings (SSSR count). The second-order valence-corrected chi connectivity index (χ2v) is 6.59.